The molecule has 0 spiro atoms. The number of thiophene rings is 1. The van der Waals surface area contributed by atoms with Crippen LogP contribution in [0.5, 0.6) is 0 Å². The molecule has 1 aromatic carbocycles. The number of hydrogen-bond donors (Lipinski definition) is 2. The van der Waals surface area contributed by atoms with E-state index in [4.69, 9.17) is 10.2 Å². The van der Waals surface area contributed by atoms with E-state index >= 15 is 0 Å². The summed E-state index contributed by atoms with van der Waals surface area (Å²) in [7, 11) is 0. The van der Waals surface area contributed by atoms with Gasteiger partial charge in [-0.2, -0.15) is 0 Å². The van der Waals surface area contributed by atoms with Gasteiger partial charge in [0.05, 0.1) is 17.1 Å². The van der Waals surface area contributed by atoms with Crippen molar-refractivity contribution >= 4 is 39.9 Å². The summed E-state index contributed by atoms with van der Waals surface area (Å²) in [4.78, 5) is 26.2. The summed E-state index contributed by atoms with van der Waals surface area (Å²) in [6.07, 6.45) is 4.32. The van der Waals surface area contributed by atoms with Crippen LogP contribution >= 0.6 is 23.1 Å². The Bertz CT molecular complexity index is 1310. The predicted octanol–water partition coefficient (Wildman–Crippen LogP) is 4.30. The first-order valence-corrected chi connectivity index (χ1v) is 12.2. The largest absolute Gasteiger partial charge is 0.461 e. The molecule has 0 bridgehead atoms. The molecule has 33 heavy (non-hydrogen) atoms. The highest BCUT2D eigenvalue weighted by Crippen LogP contribution is 2.39. The van der Waals surface area contributed by atoms with Gasteiger partial charge in [0.15, 0.2) is 10.9 Å². The van der Waals surface area contributed by atoms with Crippen molar-refractivity contribution in [3.8, 4) is 17.3 Å². The lowest BCUT2D eigenvalue weighted by Crippen LogP contribution is -2.24. The highest BCUT2D eigenvalue weighted by Gasteiger charge is 2.28. The van der Waals surface area contributed by atoms with Crippen molar-refractivity contribution in [1.82, 2.24) is 14.8 Å². The van der Waals surface area contributed by atoms with E-state index in [0.29, 0.717) is 27.3 Å². The predicted molar refractivity (Wildman–Crippen MR) is 128 cm³/mol. The van der Waals surface area contributed by atoms with Gasteiger partial charge in [0.2, 0.25) is 11.7 Å². The third-order valence-corrected chi connectivity index (χ3v) is 7.70. The summed E-state index contributed by atoms with van der Waals surface area (Å²) in [5.41, 5.74) is 7.91. The first-order valence-electron chi connectivity index (χ1n) is 10.5. The molecule has 8 nitrogen and oxygen atoms in total. The smallest absolute Gasteiger partial charge is 0.251 e. The van der Waals surface area contributed by atoms with E-state index in [-0.39, 0.29) is 5.91 Å². The molecule has 3 N–H and O–H groups in total. The summed E-state index contributed by atoms with van der Waals surface area (Å²) >= 11 is 2.72. The number of furan rings is 1. The number of thioether (sulfide) groups is 1. The van der Waals surface area contributed by atoms with Crippen LogP contribution in [0.25, 0.3) is 17.3 Å². The van der Waals surface area contributed by atoms with Gasteiger partial charge >= 0.3 is 0 Å². The maximum absolute atomic E-state index is 13.0. The minimum Gasteiger partial charge on any atom is -0.461 e. The monoisotopic (exact) mass is 479 g/mol. The van der Waals surface area contributed by atoms with Gasteiger partial charge in [-0.15, -0.1) is 21.5 Å². The molecule has 10 heteroatoms. The minimum atomic E-state index is -0.503. The third-order valence-electron chi connectivity index (χ3n) is 5.45. The van der Waals surface area contributed by atoms with E-state index in [1.165, 1.54) is 23.1 Å². The van der Waals surface area contributed by atoms with E-state index in [2.05, 4.69) is 15.5 Å². The topological polar surface area (TPSA) is 116 Å². The van der Waals surface area contributed by atoms with E-state index in [0.717, 1.165) is 35.4 Å². The number of rotatable bonds is 7. The van der Waals surface area contributed by atoms with Crippen molar-refractivity contribution < 1.29 is 14.0 Å². The number of nitrogens with zero attached hydrogens (tertiary/aromatic N) is 3. The van der Waals surface area contributed by atoms with E-state index in [1.54, 1.807) is 19.3 Å². The Morgan fingerprint density at radius 2 is 2.00 bits per heavy atom. The first kappa shape index (κ1) is 21.5. The van der Waals surface area contributed by atoms with Gasteiger partial charge in [-0.3, -0.25) is 14.2 Å². The molecule has 3 aromatic heterocycles. The summed E-state index contributed by atoms with van der Waals surface area (Å²) in [6.45, 7) is 1.79. The molecule has 0 radical (unpaired) electrons. The molecule has 1 unspecified atom stereocenters. The van der Waals surface area contributed by atoms with Crippen molar-refractivity contribution in [2.45, 2.75) is 36.6 Å². The van der Waals surface area contributed by atoms with Crippen LogP contribution in [-0.2, 0) is 17.6 Å². The highest BCUT2D eigenvalue weighted by atomic mass is 32.2. The Labute approximate surface area is 198 Å². The van der Waals surface area contributed by atoms with Gasteiger partial charge in [-0.25, -0.2) is 0 Å². The summed E-state index contributed by atoms with van der Waals surface area (Å²) in [5, 5.41) is 12.1. The first-order chi connectivity index (χ1) is 16.0. The molecule has 0 saturated carbocycles. The molecule has 1 atom stereocenters. The lowest BCUT2D eigenvalue weighted by atomic mass is 10.1. The second-order valence-electron chi connectivity index (χ2n) is 7.63. The Hall–Kier alpha value is -3.37. The quantitative estimate of drug-likeness (QED) is 0.382. The zero-order valence-electron chi connectivity index (χ0n) is 17.8. The van der Waals surface area contributed by atoms with Gasteiger partial charge in [-0.05, 0) is 56.0 Å². The third kappa shape index (κ3) is 4.07. The number of carbonyl (C=O) groups is 2. The Balaban J connectivity index is 1.41. The maximum Gasteiger partial charge on any atom is 0.251 e. The Kier molecular flexibility index (Phi) is 5.77. The number of nitrogens with one attached hydrogen (secondary N) is 1. The number of aryl methyl sites for hydroxylation is 1. The lowest BCUT2D eigenvalue weighted by molar-refractivity contribution is -0.115. The number of nitrogens with two attached hydrogens (primary N) is 1. The highest BCUT2D eigenvalue weighted by molar-refractivity contribution is 8.00. The SMILES string of the molecule is CC(Sc1nnc(-c2ccco2)n1-c1ccccc1)C(=O)Nc1sc2c(c1C(N)=O)CCC2. The normalized spacial score (nSPS) is 13.6. The van der Waals surface area contributed by atoms with Crippen LogP contribution in [0.3, 0.4) is 0 Å². The molecule has 1 aliphatic carbocycles. The average molecular weight is 480 g/mol. The second-order valence-corrected chi connectivity index (χ2v) is 10.0. The fraction of sp³-hybridized carbons (Fsp3) is 0.217. The van der Waals surface area contributed by atoms with Crippen molar-refractivity contribution in [3.05, 3.63) is 64.7 Å². The van der Waals surface area contributed by atoms with Crippen LogP contribution in [0.1, 0.15) is 34.1 Å². The molecule has 5 rings (SSSR count). The standard InChI is InChI=1S/C23H21N5O3S2/c1-13(21(30)25-22-18(19(24)29)15-9-5-11-17(15)33-22)32-23-27-26-20(16-10-6-12-31-16)28(23)14-7-3-2-4-8-14/h2-4,6-8,10,12-13H,5,9,11H2,1H3,(H2,24,29)(H,25,30). The lowest BCUT2D eigenvalue weighted by Gasteiger charge is -2.13. The van der Waals surface area contributed by atoms with Gasteiger partial charge in [0.1, 0.15) is 5.00 Å². The number of fused-ring (bicyclic) bond motifs is 1. The van der Waals surface area contributed by atoms with Crippen molar-refractivity contribution in [2.24, 2.45) is 5.73 Å². The molecular weight excluding hydrogens is 458 g/mol. The van der Waals surface area contributed by atoms with Crippen LogP contribution in [0.15, 0.2) is 58.3 Å². The van der Waals surface area contributed by atoms with Crippen LogP contribution in [0, 0.1) is 0 Å². The molecule has 0 fully saturated rings. The number of amides is 2. The molecular formula is C23H21N5O3S2. The maximum atomic E-state index is 13.0. The van der Waals surface area contributed by atoms with Crippen LogP contribution < -0.4 is 11.1 Å². The number of hydrogen-bond acceptors (Lipinski definition) is 7. The van der Waals surface area contributed by atoms with Gasteiger partial charge in [0, 0.05) is 10.6 Å². The summed E-state index contributed by atoms with van der Waals surface area (Å²) in [6, 6.07) is 13.3. The van der Waals surface area contributed by atoms with Gasteiger partial charge in [0.25, 0.3) is 5.91 Å². The van der Waals surface area contributed by atoms with E-state index in [9.17, 15) is 9.59 Å². The molecule has 0 saturated heterocycles. The Morgan fingerprint density at radius 3 is 2.73 bits per heavy atom. The van der Waals surface area contributed by atoms with E-state index < -0.39 is 11.2 Å². The van der Waals surface area contributed by atoms with Crippen LogP contribution in [0.4, 0.5) is 5.00 Å². The average Bonchev–Trinajstić information content (AvgIpc) is 3.58. The Morgan fingerprint density at radius 1 is 1.18 bits per heavy atom. The van der Waals surface area contributed by atoms with Crippen molar-refractivity contribution in [2.75, 3.05) is 5.32 Å². The number of carbonyl (C=O) groups excluding carboxylic acids is 2. The summed E-state index contributed by atoms with van der Waals surface area (Å²) < 4.78 is 7.40. The van der Waals surface area contributed by atoms with Gasteiger partial charge < -0.3 is 15.5 Å². The van der Waals surface area contributed by atoms with Crippen LogP contribution in [0.2, 0.25) is 0 Å². The fourth-order valence-corrected chi connectivity index (χ4v) is 6.06. The van der Waals surface area contributed by atoms with E-state index in [1.807, 2.05) is 41.0 Å². The number of anilines is 1. The number of benzene rings is 1. The fourth-order valence-electron chi connectivity index (χ4n) is 3.90. The molecule has 3 heterocycles. The molecule has 2 amide bonds. The molecule has 168 valence electrons. The van der Waals surface area contributed by atoms with Gasteiger partial charge in [-0.1, -0.05) is 30.0 Å². The molecule has 1 aliphatic rings. The summed E-state index contributed by atoms with van der Waals surface area (Å²) in [5.74, 6) is 0.392. The van der Waals surface area contributed by atoms with Crippen molar-refractivity contribution in [1.29, 1.82) is 0 Å². The number of aromatic nitrogens is 3. The number of para-hydroxylation sites is 1. The molecule has 4 aromatic rings. The van der Waals surface area contributed by atoms with Crippen LogP contribution in [-0.4, -0.2) is 31.8 Å². The van der Waals surface area contributed by atoms with Crippen molar-refractivity contribution in [3.63, 3.8) is 0 Å². The molecule has 0 aliphatic heterocycles. The zero-order chi connectivity index (χ0) is 22.9. The number of primary amides is 1. The second kappa shape index (κ2) is 8.87. The minimum absolute atomic E-state index is 0.232. The zero-order valence-corrected chi connectivity index (χ0v) is 19.4.